The van der Waals surface area contributed by atoms with Crippen LogP contribution < -0.4 is 5.32 Å². The van der Waals surface area contributed by atoms with E-state index >= 15 is 0 Å². The Morgan fingerprint density at radius 3 is 2.66 bits per heavy atom. The highest BCUT2D eigenvalue weighted by molar-refractivity contribution is 5.87. The molecule has 2 bridgehead atoms. The minimum atomic E-state index is -0.976. The number of benzene rings is 1. The van der Waals surface area contributed by atoms with Crippen molar-refractivity contribution in [3.05, 3.63) is 47.5 Å². The molecule has 1 aliphatic heterocycles. The molecule has 1 aromatic carbocycles. The minimum Gasteiger partial charge on any atom is -0.446 e. The average Bonchev–Trinajstić information content (AvgIpc) is 3.54. The zero-order valence-corrected chi connectivity index (χ0v) is 19.9. The molecule has 0 radical (unpaired) electrons. The number of fused-ring (bicyclic) bond motifs is 2. The Hall–Kier alpha value is -3.85. The molecule has 4 rings (SSSR count). The topological polar surface area (TPSA) is 119 Å². The molecule has 1 saturated carbocycles. The second-order valence-electron chi connectivity index (χ2n) is 10.0. The van der Waals surface area contributed by atoms with Crippen LogP contribution in [0.1, 0.15) is 51.4 Å². The molecule has 2 heterocycles. The SMILES string of the molecule is CC(C)(C)OC(=O)N1[C@@H]2CC[C@@H](C2)[C@H]1C(=O)N[C@H](C#N)Cc1ccc(-c2ccc(C#N)o2)cc1F. The smallest absolute Gasteiger partial charge is 0.411 e. The van der Waals surface area contributed by atoms with Crippen molar-refractivity contribution in [3.8, 4) is 23.5 Å². The predicted molar refractivity (Wildman–Crippen MR) is 123 cm³/mol. The van der Waals surface area contributed by atoms with Crippen LogP contribution in [-0.2, 0) is 16.0 Å². The highest BCUT2D eigenvalue weighted by Gasteiger charge is 2.52. The van der Waals surface area contributed by atoms with Gasteiger partial charge < -0.3 is 14.5 Å². The Morgan fingerprint density at radius 2 is 2.03 bits per heavy atom. The number of rotatable bonds is 5. The third kappa shape index (κ3) is 5.14. The lowest BCUT2D eigenvalue weighted by Gasteiger charge is -2.35. The fraction of sp³-hybridized carbons (Fsp3) is 0.462. The number of carbonyl (C=O) groups is 2. The van der Waals surface area contributed by atoms with Crippen LogP contribution >= 0.6 is 0 Å². The van der Waals surface area contributed by atoms with E-state index in [2.05, 4.69) is 5.32 Å². The lowest BCUT2D eigenvalue weighted by atomic mass is 9.97. The quantitative estimate of drug-likeness (QED) is 0.684. The summed E-state index contributed by atoms with van der Waals surface area (Å²) in [5.74, 6) is -0.489. The number of nitriles is 2. The third-order valence-electron chi connectivity index (χ3n) is 6.41. The molecule has 1 aromatic heterocycles. The molecule has 1 aliphatic carbocycles. The zero-order chi connectivity index (χ0) is 25.3. The van der Waals surface area contributed by atoms with Crippen LogP contribution in [0, 0.1) is 34.4 Å². The van der Waals surface area contributed by atoms with Crippen molar-refractivity contribution in [2.24, 2.45) is 5.92 Å². The third-order valence-corrected chi connectivity index (χ3v) is 6.41. The molecule has 4 atom stereocenters. The van der Waals surface area contributed by atoms with E-state index in [4.69, 9.17) is 14.4 Å². The first-order chi connectivity index (χ1) is 16.6. The monoisotopic (exact) mass is 478 g/mol. The van der Waals surface area contributed by atoms with E-state index < -0.39 is 35.5 Å². The minimum absolute atomic E-state index is 0.00878. The summed E-state index contributed by atoms with van der Waals surface area (Å²) in [6, 6.07) is 9.68. The maximum absolute atomic E-state index is 14.8. The van der Waals surface area contributed by atoms with E-state index in [1.165, 1.54) is 23.1 Å². The molecule has 35 heavy (non-hydrogen) atoms. The number of amides is 2. The molecular weight excluding hydrogens is 451 g/mol. The number of furan rings is 1. The number of carbonyl (C=O) groups excluding carboxylic acids is 2. The summed E-state index contributed by atoms with van der Waals surface area (Å²) in [6.07, 6.45) is 1.81. The van der Waals surface area contributed by atoms with Crippen LogP contribution in [0.5, 0.6) is 0 Å². The fourth-order valence-electron chi connectivity index (χ4n) is 4.93. The number of halogens is 1. The number of nitrogens with zero attached hydrogens (tertiary/aromatic N) is 3. The molecule has 8 nitrogen and oxygen atoms in total. The van der Waals surface area contributed by atoms with E-state index in [9.17, 15) is 19.2 Å². The summed E-state index contributed by atoms with van der Waals surface area (Å²) >= 11 is 0. The number of ether oxygens (including phenoxy) is 1. The second-order valence-corrected chi connectivity index (χ2v) is 10.0. The number of hydrogen-bond donors (Lipinski definition) is 1. The van der Waals surface area contributed by atoms with Gasteiger partial charge in [-0.2, -0.15) is 10.5 Å². The summed E-state index contributed by atoms with van der Waals surface area (Å²) in [5.41, 5.74) is 0.0230. The lowest BCUT2D eigenvalue weighted by molar-refractivity contribution is -0.128. The maximum Gasteiger partial charge on any atom is 0.411 e. The van der Waals surface area contributed by atoms with Crippen LogP contribution in [0.2, 0.25) is 0 Å². The molecule has 2 fully saturated rings. The van der Waals surface area contributed by atoms with Crippen LogP contribution in [0.3, 0.4) is 0 Å². The fourth-order valence-corrected chi connectivity index (χ4v) is 4.93. The Morgan fingerprint density at radius 1 is 1.26 bits per heavy atom. The molecule has 2 amide bonds. The van der Waals surface area contributed by atoms with E-state index in [1.54, 1.807) is 32.9 Å². The summed E-state index contributed by atoms with van der Waals surface area (Å²) in [5, 5.41) is 21.3. The van der Waals surface area contributed by atoms with Crippen molar-refractivity contribution < 1.29 is 23.1 Å². The van der Waals surface area contributed by atoms with Gasteiger partial charge >= 0.3 is 6.09 Å². The molecule has 9 heteroatoms. The van der Waals surface area contributed by atoms with Crippen LogP contribution in [-0.4, -0.2) is 40.6 Å². The van der Waals surface area contributed by atoms with Crippen molar-refractivity contribution in [3.63, 3.8) is 0 Å². The van der Waals surface area contributed by atoms with Gasteiger partial charge in [0, 0.05) is 18.0 Å². The van der Waals surface area contributed by atoms with Crippen molar-refractivity contribution in [1.29, 1.82) is 10.5 Å². The van der Waals surface area contributed by atoms with Gasteiger partial charge in [0.15, 0.2) is 0 Å². The molecule has 2 aliphatic rings. The van der Waals surface area contributed by atoms with Gasteiger partial charge in [0.2, 0.25) is 11.7 Å². The van der Waals surface area contributed by atoms with Crippen LogP contribution in [0.25, 0.3) is 11.3 Å². The van der Waals surface area contributed by atoms with Crippen molar-refractivity contribution in [2.75, 3.05) is 0 Å². The molecule has 1 N–H and O–H groups in total. The van der Waals surface area contributed by atoms with Gasteiger partial charge in [-0.1, -0.05) is 12.1 Å². The molecule has 0 spiro atoms. The molecular formula is C26H27FN4O4. The second kappa shape index (κ2) is 9.42. The van der Waals surface area contributed by atoms with Gasteiger partial charge in [0.25, 0.3) is 0 Å². The summed E-state index contributed by atoms with van der Waals surface area (Å²) < 4.78 is 25.7. The standard InChI is InChI=1S/C26H27FN4O4/c1-26(2,3)35-25(33)31-19-7-6-17(11-19)23(31)24(32)30-18(13-28)10-15-4-5-16(12-21(15)27)22-9-8-20(14-29)34-22/h4-5,8-9,12,17-19,23H,6-7,10-11H2,1-3H3,(H,30,32)/t17-,18-,19+,23-/m0/s1. The van der Waals surface area contributed by atoms with E-state index in [-0.39, 0.29) is 29.7 Å². The highest BCUT2D eigenvalue weighted by atomic mass is 19.1. The predicted octanol–water partition coefficient (Wildman–Crippen LogP) is 4.30. The average molecular weight is 479 g/mol. The number of nitrogens with one attached hydrogen (secondary N) is 1. The molecule has 2 aromatic rings. The Balaban J connectivity index is 1.45. The normalized spacial score (nSPS) is 21.8. The molecule has 0 unspecified atom stereocenters. The molecule has 182 valence electrons. The summed E-state index contributed by atoms with van der Waals surface area (Å²) in [6.45, 7) is 5.32. The number of hydrogen-bond acceptors (Lipinski definition) is 6. The Labute approximate surface area is 203 Å². The van der Waals surface area contributed by atoms with Crippen molar-refractivity contribution in [1.82, 2.24) is 10.2 Å². The summed E-state index contributed by atoms with van der Waals surface area (Å²) in [4.78, 5) is 27.5. The molecule has 1 saturated heterocycles. The van der Waals surface area contributed by atoms with Gasteiger partial charge in [-0.3, -0.25) is 9.69 Å². The lowest BCUT2D eigenvalue weighted by Crippen LogP contribution is -2.55. The van der Waals surface area contributed by atoms with Gasteiger partial charge in [-0.25, -0.2) is 9.18 Å². The first-order valence-electron chi connectivity index (χ1n) is 11.6. The zero-order valence-electron chi connectivity index (χ0n) is 19.9. The van der Waals surface area contributed by atoms with E-state index in [0.29, 0.717) is 11.3 Å². The first-order valence-corrected chi connectivity index (χ1v) is 11.6. The van der Waals surface area contributed by atoms with E-state index in [1.807, 2.05) is 12.1 Å². The van der Waals surface area contributed by atoms with Crippen LogP contribution in [0.15, 0.2) is 34.7 Å². The maximum atomic E-state index is 14.8. The Bertz CT molecular complexity index is 1220. The van der Waals surface area contributed by atoms with Gasteiger partial charge in [0.1, 0.15) is 35.3 Å². The highest BCUT2D eigenvalue weighted by Crippen LogP contribution is 2.43. The summed E-state index contributed by atoms with van der Waals surface area (Å²) in [7, 11) is 0. The first kappa shape index (κ1) is 24.3. The van der Waals surface area contributed by atoms with Crippen molar-refractivity contribution in [2.45, 2.75) is 70.2 Å². The Kier molecular flexibility index (Phi) is 6.53. The van der Waals surface area contributed by atoms with Gasteiger partial charge in [-0.15, -0.1) is 0 Å². The number of likely N-dealkylation sites (tertiary alicyclic amines) is 1. The van der Waals surface area contributed by atoms with Gasteiger partial charge in [-0.05, 0) is 69.7 Å². The largest absolute Gasteiger partial charge is 0.446 e. The van der Waals surface area contributed by atoms with E-state index in [0.717, 1.165) is 19.3 Å². The van der Waals surface area contributed by atoms with Crippen LogP contribution in [0.4, 0.5) is 9.18 Å². The van der Waals surface area contributed by atoms with Crippen molar-refractivity contribution >= 4 is 12.0 Å². The van der Waals surface area contributed by atoms with Gasteiger partial charge in [0.05, 0.1) is 6.07 Å². The number of piperidine rings is 1.